The summed E-state index contributed by atoms with van der Waals surface area (Å²) in [6.45, 7) is 9.29. The summed E-state index contributed by atoms with van der Waals surface area (Å²) >= 11 is 0. The Kier molecular flexibility index (Phi) is 4.66. The molecule has 2 rings (SSSR count). The maximum atomic E-state index is 12.2. The van der Waals surface area contributed by atoms with E-state index in [0.29, 0.717) is 6.61 Å². The highest BCUT2D eigenvalue weighted by molar-refractivity contribution is 5.92. The summed E-state index contributed by atoms with van der Waals surface area (Å²) in [6.07, 6.45) is -0.605. The van der Waals surface area contributed by atoms with E-state index in [0.717, 1.165) is 5.56 Å². The van der Waals surface area contributed by atoms with Crippen molar-refractivity contribution in [2.24, 2.45) is 0 Å². The second kappa shape index (κ2) is 6.20. The number of hydrogen-bond donors (Lipinski definition) is 1. The third-order valence-corrected chi connectivity index (χ3v) is 3.54. The van der Waals surface area contributed by atoms with E-state index < -0.39 is 23.3 Å². The van der Waals surface area contributed by atoms with Gasteiger partial charge in [0.25, 0.3) is 5.91 Å². The van der Waals surface area contributed by atoms with Crippen LogP contribution in [-0.4, -0.2) is 34.2 Å². The molecule has 0 saturated carbocycles. The molecular weight excluding hydrogens is 296 g/mol. The average molecular weight is 320 g/mol. The van der Waals surface area contributed by atoms with Gasteiger partial charge in [-0.15, -0.1) is 0 Å². The monoisotopic (exact) mass is 320 g/mol. The summed E-state index contributed by atoms with van der Waals surface area (Å²) in [6, 6.07) is 8.93. The molecule has 2 amide bonds. The van der Waals surface area contributed by atoms with E-state index in [9.17, 15) is 9.59 Å². The van der Waals surface area contributed by atoms with Crippen LogP contribution in [-0.2, 0) is 21.0 Å². The molecule has 1 N–H and O–H groups in total. The molecule has 1 heterocycles. The molecule has 0 unspecified atom stereocenters. The quantitative estimate of drug-likeness (QED) is 0.866. The molecule has 0 spiro atoms. The second-order valence-corrected chi connectivity index (χ2v) is 7.12. The lowest BCUT2D eigenvalue weighted by atomic mass is 9.84. The lowest BCUT2D eigenvalue weighted by Gasteiger charge is -2.51. The number of amides is 2. The number of nitrogens with zero attached hydrogens (tertiary/aromatic N) is 1. The number of rotatable bonds is 4. The van der Waals surface area contributed by atoms with Crippen molar-refractivity contribution in [3.63, 3.8) is 0 Å². The standard InChI is InChI=1S/C17H24N2O4/c1-16(2,3)23-15(21)18-13-14(20)19(17(13,4)5)22-11-12-9-7-6-8-10-12/h6-10,13H,11H2,1-5H3,(H,18,21)/t13-/m0/s1. The van der Waals surface area contributed by atoms with Gasteiger partial charge in [-0.25, -0.2) is 9.86 Å². The van der Waals surface area contributed by atoms with Gasteiger partial charge in [0.2, 0.25) is 0 Å². The molecule has 1 saturated heterocycles. The van der Waals surface area contributed by atoms with Crippen molar-refractivity contribution in [3.05, 3.63) is 35.9 Å². The molecule has 0 aromatic heterocycles. The number of carbonyl (C=O) groups excluding carboxylic acids is 2. The summed E-state index contributed by atoms with van der Waals surface area (Å²) in [5.41, 5.74) is -0.271. The molecule has 1 aliphatic rings. The molecule has 126 valence electrons. The first-order chi connectivity index (χ1) is 10.6. The summed E-state index contributed by atoms with van der Waals surface area (Å²) in [7, 11) is 0. The predicted octanol–water partition coefficient (Wildman–Crippen LogP) is 2.63. The average Bonchev–Trinajstić information content (AvgIpc) is 2.44. The zero-order valence-corrected chi connectivity index (χ0v) is 14.3. The number of ether oxygens (including phenoxy) is 1. The molecule has 6 heteroatoms. The van der Waals surface area contributed by atoms with Crippen LogP contribution in [0.15, 0.2) is 30.3 Å². The van der Waals surface area contributed by atoms with Gasteiger partial charge in [-0.1, -0.05) is 30.3 Å². The van der Waals surface area contributed by atoms with E-state index in [-0.39, 0.29) is 5.91 Å². The Bertz CT molecular complexity index is 578. The first-order valence-corrected chi connectivity index (χ1v) is 7.62. The van der Waals surface area contributed by atoms with Crippen LogP contribution in [0.3, 0.4) is 0 Å². The Morgan fingerprint density at radius 2 is 1.87 bits per heavy atom. The highest BCUT2D eigenvalue weighted by Crippen LogP contribution is 2.32. The Morgan fingerprint density at radius 3 is 2.39 bits per heavy atom. The third kappa shape index (κ3) is 4.01. The van der Waals surface area contributed by atoms with Crippen LogP contribution in [0.4, 0.5) is 4.79 Å². The summed E-state index contributed by atoms with van der Waals surface area (Å²) < 4.78 is 5.19. The van der Waals surface area contributed by atoms with Gasteiger partial charge in [-0.05, 0) is 40.2 Å². The Labute approximate surface area is 136 Å². The van der Waals surface area contributed by atoms with Gasteiger partial charge in [0.1, 0.15) is 18.2 Å². The van der Waals surface area contributed by atoms with Gasteiger partial charge in [0.15, 0.2) is 0 Å². The number of benzene rings is 1. The highest BCUT2D eigenvalue weighted by atomic mass is 16.7. The first-order valence-electron chi connectivity index (χ1n) is 7.62. The molecule has 1 aromatic carbocycles. The van der Waals surface area contributed by atoms with Crippen LogP contribution in [0.25, 0.3) is 0 Å². The molecule has 0 radical (unpaired) electrons. The molecule has 1 aliphatic heterocycles. The maximum absolute atomic E-state index is 12.2. The molecule has 1 aromatic rings. The molecule has 23 heavy (non-hydrogen) atoms. The number of hydrogen-bond acceptors (Lipinski definition) is 4. The number of carbonyl (C=O) groups is 2. The lowest BCUT2D eigenvalue weighted by Crippen LogP contribution is -2.76. The Balaban J connectivity index is 1.91. The fraction of sp³-hybridized carbons (Fsp3) is 0.529. The summed E-state index contributed by atoms with van der Waals surface area (Å²) in [4.78, 5) is 29.7. The van der Waals surface area contributed by atoms with Crippen molar-refractivity contribution in [2.45, 2.75) is 58.4 Å². The van der Waals surface area contributed by atoms with E-state index >= 15 is 0 Å². The molecular formula is C17H24N2O4. The highest BCUT2D eigenvalue weighted by Gasteiger charge is 2.56. The zero-order valence-electron chi connectivity index (χ0n) is 14.3. The Morgan fingerprint density at radius 1 is 1.26 bits per heavy atom. The number of nitrogens with one attached hydrogen (secondary N) is 1. The predicted molar refractivity (Wildman–Crippen MR) is 85.3 cm³/mol. The fourth-order valence-electron chi connectivity index (χ4n) is 2.36. The zero-order chi connectivity index (χ0) is 17.3. The third-order valence-electron chi connectivity index (χ3n) is 3.54. The fourth-order valence-corrected chi connectivity index (χ4v) is 2.36. The topological polar surface area (TPSA) is 67.9 Å². The van der Waals surface area contributed by atoms with Crippen LogP contribution in [0.2, 0.25) is 0 Å². The SMILES string of the molecule is CC(C)(C)OC(=O)N[C@H]1C(=O)N(OCc2ccccc2)C1(C)C. The van der Waals surface area contributed by atoms with Crippen LogP contribution in [0, 0.1) is 0 Å². The number of hydroxylamine groups is 2. The number of alkyl carbamates (subject to hydrolysis) is 1. The summed E-state index contributed by atoms with van der Waals surface area (Å²) in [5.74, 6) is -0.281. The minimum atomic E-state index is -0.659. The minimum absolute atomic E-state index is 0.281. The van der Waals surface area contributed by atoms with E-state index in [4.69, 9.17) is 9.57 Å². The number of β-lactam (4-membered cyclic amide) rings is 1. The maximum Gasteiger partial charge on any atom is 0.408 e. The van der Waals surface area contributed by atoms with Crippen LogP contribution in [0.1, 0.15) is 40.2 Å². The van der Waals surface area contributed by atoms with E-state index in [1.54, 1.807) is 20.8 Å². The van der Waals surface area contributed by atoms with Crippen molar-refractivity contribution in [3.8, 4) is 0 Å². The van der Waals surface area contributed by atoms with E-state index in [2.05, 4.69) is 5.32 Å². The van der Waals surface area contributed by atoms with Crippen LogP contribution >= 0.6 is 0 Å². The lowest BCUT2D eigenvalue weighted by molar-refractivity contribution is -0.263. The second-order valence-electron chi connectivity index (χ2n) is 7.12. The van der Waals surface area contributed by atoms with Gasteiger partial charge in [0, 0.05) is 0 Å². The van der Waals surface area contributed by atoms with Gasteiger partial charge in [-0.2, -0.15) is 0 Å². The smallest absolute Gasteiger partial charge is 0.408 e. The molecule has 1 fully saturated rings. The first kappa shape index (κ1) is 17.3. The van der Waals surface area contributed by atoms with Crippen molar-refractivity contribution < 1.29 is 19.2 Å². The molecule has 1 atom stereocenters. The minimum Gasteiger partial charge on any atom is -0.444 e. The van der Waals surface area contributed by atoms with Crippen LogP contribution < -0.4 is 5.32 Å². The molecule has 6 nitrogen and oxygen atoms in total. The van der Waals surface area contributed by atoms with E-state index in [1.165, 1.54) is 5.06 Å². The van der Waals surface area contributed by atoms with Crippen molar-refractivity contribution in [1.29, 1.82) is 0 Å². The van der Waals surface area contributed by atoms with Gasteiger partial charge >= 0.3 is 6.09 Å². The van der Waals surface area contributed by atoms with Gasteiger partial charge in [0.05, 0.1) is 5.54 Å². The van der Waals surface area contributed by atoms with Crippen molar-refractivity contribution in [1.82, 2.24) is 10.4 Å². The van der Waals surface area contributed by atoms with E-state index in [1.807, 2.05) is 44.2 Å². The Hall–Kier alpha value is -2.08. The molecule has 0 bridgehead atoms. The van der Waals surface area contributed by atoms with Crippen molar-refractivity contribution in [2.75, 3.05) is 0 Å². The van der Waals surface area contributed by atoms with Gasteiger partial charge < -0.3 is 10.1 Å². The summed E-state index contributed by atoms with van der Waals surface area (Å²) in [5, 5.41) is 3.92. The van der Waals surface area contributed by atoms with Crippen LogP contribution in [0.5, 0.6) is 0 Å². The normalized spacial score (nSPS) is 20.0. The molecule has 0 aliphatic carbocycles. The van der Waals surface area contributed by atoms with Gasteiger partial charge in [-0.3, -0.25) is 9.63 Å². The largest absolute Gasteiger partial charge is 0.444 e. The van der Waals surface area contributed by atoms with Crippen molar-refractivity contribution >= 4 is 12.0 Å².